The predicted molar refractivity (Wildman–Crippen MR) is 158 cm³/mol. The average molecular weight is 564 g/mol. The van der Waals surface area contributed by atoms with Crippen LogP contribution < -0.4 is 20.9 Å². The first-order valence-corrected chi connectivity index (χ1v) is 12.9. The lowest BCUT2D eigenvalue weighted by molar-refractivity contribution is -0.384. The van der Waals surface area contributed by atoms with Gasteiger partial charge in [0.25, 0.3) is 11.2 Å². The van der Waals surface area contributed by atoms with Gasteiger partial charge in [-0.25, -0.2) is 14.5 Å². The molecule has 0 N–H and O–H groups in total. The first-order chi connectivity index (χ1) is 20.3. The molecule has 0 saturated heterocycles. The molecule has 2 aromatic heterocycles. The molecule has 6 rings (SSSR count). The lowest BCUT2D eigenvalue weighted by Gasteiger charge is -2.34. The molecule has 3 aromatic carbocycles. The van der Waals surface area contributed by atoms with Crippen LogP contribution in [0.3, 0.4) is 0 Å². The monoisotopic (exact) mass is 563 g/mol. The van der Waals surface area contributed by atoms with E-state index >= 15 is 0 Å². The summed E-state index contributed by atoms with van der Waals surface area (Å²) in [6.07, 6.45) is 3.42. The van der Waals surface area contributed by atoms with Gasteiger partial charge in [-0.15, -0.1) is 0 Å². The third-order valence-corrected chi connectivity index (χ3v) is 7.30. The van der Waals surface area contributed by atoms with Crippen LogP contribution in [0.1, 0.15) is 17.2 Å². The molecule has 1 atom stereocenters. The predicted octanol–water partition coefficient (Wildman–Crippen LogP) is 4.12. The molecule has 1 aliphatic rings. The zero-order valence-electron chi connectivity index (χ0n) is 22.9. The Bertz CT molecular complexity index is 1960. The molecule has 3 heterocycles. The Balaban J connectivity index is 1.65. The van der Waals surface area contributed by atoms with Crippen molar-refractivity contribution in [3.05, 3.63) is 127 Å². The second kappa shape index (κ2) is 10.3. The van der Waals surface area contributed by atoms with Crippen LogP contribution in [0, 0.1) is 10.1 Å². The molecule has 5 aromatic rings. The lowest BCUT2D eigenvalue weighted by Crippen LogP contribution is -2.44. The van der Waals surface area contributed by atoms with Gasteiger partial charge in [0.2, 0.25) is 0 Å². The van der Waals surface area contributed by atoms with Crippen LogP contribution in [0.4, 0.5) is 17.2 Å². The van der Waals surface area contributed by atoms with Crippen molar-refractivity contribution in [2.45, 2.75) is 6.04 Å². The van der Waals surface area contributed by atoms with Gasteiger partial charge in [-0.1, -0.05) is 18.2 Å². The van der Waals surface area contributed by atoms with Crippen molar-refractivity contribution in [3.8, 4) is 22.7 Å². The number of hydrogen-bond acceptors (Lipinski definition) is 8. The van der Waals surface area contributed by atoms with Crippen LogP contribution in [0.2, 0.25) is 0 Å². The van der Waals surface area contributed by atoms with Crippen molar-refractivity contribution in [2.75, 3.05) is 12.0 Å². The maximum Gasteiger partial charge on any atom is 0.332 e. The molecule has 0 aliphatic carbocycles. The molecule has 0 spiro atoms. The number of benzene rings is 3. The van der Waals surface area contributed by atoms with Crippen LogP contribution in [0.5, 0.6) is 5.75 Å². The molecule has 12 heteroatoms. The summed E-state index contributed by atoms with van der Waals surface area (Å²) in [4.78, 5) is 43.9. The van der Waals surface area contributed by atoms with E-state index in [-0.39, 0.29) is 17.1 Å². The quantitative estimate of drug-likeness (QED) is 0.224. The van der Waals surface area contributed by atoms with Gasteiger partial charge in [0, 0.05) is 49.2 Å². The first kappa shape index (κ1) is 26.4. The summed E-state index contributed by atoms with van der Waals surface area (Å²) >= 11 is 0. The van der Waals surface area contributed by atoms with E-state index in [0.717, 1.165) is 10.3 Å². The minimum Gasteiger partial charge on any atom is -0.497 e. The molecule has 0 radical (unpaired) electrons. The highest BCUT2D eigenvalue weighted by atomic mass is 16.6. The zero-order chi connectivity index (χ0) is 29.5. The van der Waals surface area contributed by atoms with Gasteiger partial charge < -0.3 is 9.64 Å². The fourth-order valence-electron chi connectivity index (χ4n) is 5.12. The van der Waals surface area contributed by atoms with E-state index in [0.29, 0.717) is 28.3 Å². The van der Waals surface area contributed by atoms with E-state index in [1.165, 1.54) is 23.7 Å². The Morgan fingerprint density at radius 3 is 2.21 bits per heavy atom. The number of rotatable bonds is 6. The number of aromatic nitrogens is 4. The number of anilines is 1. The van der Waals surface area contributed by atoms with Gasteiger partial charge >= 0.3 is 5.69 Å². The Hall–Kier alpha value is -5.78. The number of methoxy groups -OCH3 is 1. The number of fused-ring (bicyclic) bond motifs is 1. The molecule has 0 amide bonds. The Labute approximate surface area is 239 Å². The maximum atomic E-state index is 13.8. The van der Waals surface area contributed by atoms with E-state index in [4.69, 9.17) is 9.84 Å². The van der Waals surface area contributed by atoms with E-state index in [1.807, 2.05) is 53.6 Å². The van der Waals surface area contributed by atoms with E-state index in [2.05, 4.69) is 4.99 Å². The summed E-state index contributed by atoms with van der Waals surface area (Å²) in [5.74, 6) is 0.895. The van der Waals surface area contributed by atoms with Gasteiger partial charge in [-0.05, 0) is 48.5 Å². The van der Waals surface area contributed by atoms with Crippen LogP contribution in [-0.4, -0.2) is 37.3 Å². The normalized spacial score (nSPS) is 14.1. The maximum absolute atomic E-state index is 13.8. The first-order valence-electron chi connectivity index (χ1n) is 12.9. The van der Waals surface area contributed by atoms with Gasteiger partial charge in [0.15, 0.2) is 0 Å². The van der Waals surface area contributed by atoms with Crippen molar-refractivity contribution in [2.24, 2.45) is 19.1 Å². The number of ether oxygens (including phenoxy) is 1. The lowest BCUT2D eigenvalue weighted by atomic mass is 9.94. The number of non-ortho nitro benzene ring substituents is 1. The minimum atomic E-state index is -0.765. The Morgan fingerprint density at radius 1 is 0.881 bits per heavy atom. The van der Waals surface area contributed by atoms with Gasteiger partial charge in [-0.3, -0.25) is 24.0 Å². The number of nitrogens with zero attached hydrogens (tertiary/aromatic N) is 7. The molecule has 0 fully saturated rings. The summed E-state index contributed by atoms with van der Waals surface area (Å²) in [7, 11) is 4.58. The van der Waals surface area contributed by atoms with E-state index in [1.54, 1.807) is 49.4 Å². The van der Waals surface area contributed by atoms with Crippen LogP contribution >= 0.6 is 0 Å². The van der Waals surface area contributed by atoms with Gasteiger partial charge in [0.05, 0.1) is 41.4 Å². The molecule has 1 unspecified atom stereocenters. The highest BCUT2D eigenvalue weighted by molar-refractivity contribution is 5.87. The number of nitro groups is 1. The average Bonchev–Trinajstić information content (AvgIpc) is 3.48. The zero-order valence-corrected chi connectivity index (χ0v) is 22.9. The molecular formula is C30H25N7O5. The molecule has 0 bridgehead atoms. The SMILES string of the molecule is COc1ccc(N2C=Nc3c(c(=O)n(C)c(=O)n3C)C2c2cn(-c3ccccc3)nc2-c2ccc([N+](=O)[O-])cc2)cc1. The van der Waals surface area contributed by atoms with E-state index < -0.39 is 22.2 Å². The Morgan fingerprint density at radius 2 is 1.57 bits per heavy atom. The van der Waals surface area contributed by atoms with Crippen LogP contribution in [0.25, 0.3) is 16.9 Å². The standard InChI is InChI=1S/C30H25N7O5/c1-33-28-25(29(38)34(2)30(33)39)27(35(18-31-28)20-13-15-23(42-3)16-14-20)24-17-36(21-7-5-4-6-8-21)32-26(24)19-9-11-22(12-10-19)37(40)41/h4-18,27H,1-3H3. The Kier molecular flexibility index (Phi) is 6.50. The van der Waals surface area contributed by atoms with Gasteiger partial charge in [-0.2, -0.15) is 5.10 Å². The minimum absolute atomic E-state index is 0.0540. The number of aliphatic imine (C=N–C) groups is 1. The highest BCUT2D eigenvalue weighted by Crippen LogP contribution is 2.41. The topological polar surface area (TPSA) is 130 Å². The summed E-state index contributed by atoms with van der Waals surface area (Å²) in [5, 5.41) is 16.3. The number of para-hydroxylation sites is 1. The van der Waals surface area contributed by atoms with Crippen LogP contribution in [0.15, 0.2) is 99.6 Å². The summed E-state index contributed by atoms with van der Waals surface area (Å²) in [6.45, 7) is 0. The van der Waals surface area contributed by atoms with Gasteiger partial charge in [0.1, 0.15) is 11.6 Å². The molecule has 12 nitrogen and oxygen atoms in total. The smallest absolute Gasteiger partial charge is 0.332 e. The third kappa shape index (κ3) is 4.35. The third-order valence-electron chi connectivity index (χ3n) is 7.30. The van der Waals surface area contributed by atoms with Crippen molar-refractivity contribution in [1.29, 1.82) is 0 Å². The summed E-state index contributed by atoms with van der Waals surface area (Å²) in [5.41, 5.74) is 2.50. The largest absolute Gasteiger partial charge is 0.497 e. The fourth-order valence-corrected chi connectivity index (χ4v) is 5.12. The molecule has 210 valence electrons. The molecule has 42 heavy (non-hydrogen) atoms. The van der Waals surface area contributed by atoms with Crippen molar-refractivity contribution >= 4 is 23.5 Å². The molecular weight excluding hydrogens is 538 g/mol. The van der Waals surface area contributed by atoms with Crippen molar-refractivity contribution < 1.29 is 9.66 Å². The molecule has 1 aliphatic heterocycles. The van der Waals surface area contributed by atoms with Crippen molar-refractivity contribution in [1.82, 2.24) is 18.9 Å². The summed E-state index contributed by atoms with van der Waals surface area (Å²) < 4.78 is 9.45. The highest BCUT2D eigenvalue weighted by Gasteiger charge is 2.36. The summed E-state index contributed by atoms with van der Waals surface area (Å²) in [6, 6.07) is 22.1. The van der Waals surface area contributed by atoms with Crippen molar-refractivity contribution in [3.63, 3.8) is 0 Å². The second-order valence-corrected chi connectivity index (χ2v) is 9.71. The van der Waals surface area contributed by atoms with E-state index in [9.17, 15) is 19.7 Å². The number of hydrogen-bond donors (Lipinski definition) is 0. The second-order valence-electron chi connectivity index (χ2n) is 9.71. The van der Waals surface area contributed by atoms with Crippen LogP contribution in [-0.2, 0) is 14.1 Å². The molecule has 0 saturated carbocycles. The fraction of sp³-hybridized carbons (Fsp3) is 0.133. The number of nitro benzene ring substituents is 1.